The predicted molar refractivity (Wildman–Crippen MR) is 74.4 cm³/mol. The summed E-state index contributed by atoms with van der Waals surface area (Å²) < 4.78 is 29.0. The van der Waals surface area contributed by atoms with Crippen LogP contribution in [0.15, 0.2) is 18.2 Å². The summed E-state index contributed by atoms with van der Waals surface area (Å²) in [6, 6.07) is 5.08. The number of nitrogens with two attached hydrogens (primary N) is 1. The van der Waals surface area contributed by atoms with Crippen molar-refractivity contribution in [1.82, 2.24) is 0 Å². The van der Waals surface area contributed by atoms with Gasteiger partial charge in [-0.15, -0.1) is 0 Å². The molecule has 0 saturated heterocycles. The first-order valence-electron chi connectivity index (χ1n) is 5.91. The van der Waals surface area contributed by atoms with Gasteiger partial charge in [0.15, 0.2) is 9.84 Å². The number of rotatable bonds is 4. The Kier molecular flexibility index (Phi) is 4.27. The van der Waals surface area contributed by atoms with E-state index in [0.29, 0.717) is 23.6 Å². The van der Waals surface area contributed by atoms with Crippen molar-refractivity contribution in [3.05, 3.63) is 23.8 Å². The van der Waals surface area contributed by atoms with E-state index >= 15 is 0 Å². The molecule has 1 aromatic rings. The van der Waals surface area contributed by atoms with Crippen molar-refractivity contribution in [2.45, 2.75) is 38.2 Å². The van der Waals surface area contributed by atoms with E-state index in [0.717, 1.165) is 0 Å². The molecule has 0 atom stereocenters. The van der Waals surface area contributed by atoms with Gasteiger partial charge >= 0.3 is 0 Å². The van der Waals surface area contributed by atoms with E-state index in [2.05, 4.69) is 0 Å². The summed E-state index contributed by atoms with van der Waals surface area (Å²) in [6.07, 6.45) is 0. The molecule has 0 bridgehead atoms. The molecule has 0 saturated carbocycles. The second-order valence-corrected chi connectivity index (χ2v) is 7.91. The minimum absolute atomic E-state index is 0.0587. The average molecular weight is 271 g/mol. The lowest BCUT2D eigenvalue weighted by molar-refractivity contribution is 0.337. The van der Waals surface area contributed by atoms with Crippen LogP contribution in [-0.4, -0.2) is 19.8 Å². The molecule has 0 radical (unpaired) electrons. The third kappa shape index (κ3) is 3.38. The molecular weight excluding hydrogens is 250 g/mol. The van der Waals surface area contributed by atoms with Crippen LogP contribution in [0.3, 0.4) is 0 Å². The van der Waals surface area contributed by atoms with Gasteiger partial charge in [-0.25, -0.2) is 8.42 Å². The minimum Gasteiger partial charge on any atom is -0.494 e. The van der Waals surface area contributed by atoms with Gasteiger partial charge in [0.1, 0.15) is 5.75 Å². The van der Waals surface area contributed by atoms with Crippen molar-refractivity contribution in [3.63, 3.8) is 0 Å². The Morgan fingerprint density at radius 3 is 2.39 bits per heavy atom. The smallest absolute Gasteiger partial charge is 0.159 e. The van der Waals surface area contributed by atoms with Gasteiger partial charge in [0.25, 0.3) is 0 Å². The number of anilines is 1. The number of nitrogen functional groups attached to an aromatic ring is 1. The SMILES string of the molecule is CCOc1ccc(N)cc1CS(=O)(=O)C(C)(C)C. The Hall–Kier alpha value is -1.23. The highest BCUT2D eigenvalue weighted by molar-refractivity contribution is 7.91. The van der Waals surface area contributed by atoms with Gasteiger partial charge in [-0.2, -0.15) is 0 Å². The van der Waals surface area contributed by atoms with Gasteiger partial charge in [-0.1, -0.05) is 0 Å². The van der Waals surface area contributed by atoms with E-state index < -0.39 is 14.6 Å². The maximum Gasteiger partial charge on any atom is 0.159 e. The zero-order valence-electron chi connectivity index (χ0n) is 11.4. The van der Waals surface area contributed by atoms with Crippen molar-refractivity contribution in [2.24, 2.45) is 0 Å². The zero-order chi connectivity index (χ0) is 14.0. The number of benzene rings is 1. The Morgan fingerprint density at radius 1 is 1.28 bits per heavy atom. The molecule has 4 nitrogen and oxygen atoms in total. The van der Waals surface area contributed by atoms with Crippen LogP contribution in [-0.2, 0) is 15.6 Å². The van der Waals surface area contributed by atoms with Crippen LogP contribution in [0.1, 0.15) is 33.3 Å². The largest absolute Gasteiger partial charge is 0.494 e. The molecule has 0 unspecified atom stereocenters. The van der Waals surface area contributed by atoms with Crippen molar-refractivity contribution < 1.29 is 13.2 Å². The van der Waals surface area contributed by atoms with E-state index in [4.69, 9.17) is 10.5 Å². The molecule has 5 heteroatoms. The van der Waals surface area contributed by atoms with Crippen LogP contribution in [0.4, 0.5) is 5.69 Å². The van der Waals surface area contributed by atoms with Crippen LogP contribution in [0, 0.1) is 0 Å². The molecule has 102 valence electrons. The molecule has 0 aromatic heterocycles. The summed E-state index contributed by atoms with van der Waals surface area (Å²) in [4.78, 5) is 0. The fraction of sp³-hybridized carbons (Fsp3) is 0.538. The first kappa shape index (κ1) is 14.8. The predicted octanol–water partition coefficient (Wildman–Crippen LogP) is 2.38. The topological polar surface area (TPSA) is 69.4 Å². The van der Waals surface area contributed by atoms with Gasteiger partial charge < -0.3 is 10.5 Å². The monoisotopic (exact) mass is 271 g/mol. The van der Waals surface area contributed by atoms with Crippen molar-refractivity contribution >= 4 is 15.5 Å². The molecule has 0 aliphatic carbocycles. The van der Waals surface area contributed by atoms with Gasteiger partial charge in [0.2, 0.25) is 0 Å². The van der Waals surface area contributed by atoms with Crippen molar-refractivity contribution in [3.8, 4) is 5.75 Å². The summed E-state index contributed by atoms with van der Waals surface area (Å²) in [7, 11) is -3.24. The van der Waals surface area contributed by atoms with E-state index in [1.165, 1.54) is 0 Å². The average Bonchev–Trinajstić information content (AvgIpc) is 2.20. The lowest BCUT2D eigenvalue weighted by Gasteiger charge is -2.20. The Morgan fingerprint density at radius 2 is 1.89 bits per heavy atom. The highest BCUT2D eigenvalue weighted by Gasteiger charge is 2.30. The Balaban J connectivity index is 3.14. The van der Waals surface area contributed by atoms with Gasteiger partial charge in [-0.05, 0) is 45.9 Å². The van der Waals surface area contributed by atoms with Gasteiger partial charge in [0.05, 0.1) is 17.1 Å². The first-order valence-corrected chi connectivity index (χ1v) is 7.56. The summed E-state index contributed by atoms with van der Waals surface area (Å²) >= 11 is 0. The quantitative estimate of drug-likeness (QED) is 0.854. The first-order chi connectivity index (χ1) is 8.17. The summed E-state index contributed by atoms with van der Waals surface area (Å²) in [5.74, 6) is 0.524. The number of ether oxygens (including phenoxy) is 1. The molecule has 0 heterocycles. The molecular formula is C13H21NO3S. The van der Waals surface area contributed by atoms with Gasteiger partial charge in [0, 0.05) is 11.3 Å². The summed E-state index contributed by atoms with van der Waals surface area (Å²) in [5.41, 5.74) is 6.86. The highest BCUT2D eigenvalue weighted by atomic mass is 32.2. The van der Waals surface area contributed by atoms with Crippen LogP contribution in [0.25, 0.3) is 0 Å². The third-order valence-electron chi connectivity index (χ3n) is 2.66. The molecule has 0 spiro atoms. The lowest BCUT2D eigenvalue weighted by Crippen LogP contribution is -2.29. The highest BCUT2D eigenvalue weighted by Crippen LogP contribution is 2.27. The van der Waals surface area contributed by atoms with Crippen molar-refractivity contribution in [1.29, 1.82) is 0 Å². The second-order valence-electron chi connectivity index (χ2n) is 5.17. The molecule has 1 aromatic carbocycles. The van der Waals surface area contributed by atoms with Crippen LogP contribution in [0.5, 0.6) is 5.75 Å². The third-order valence-corrected chi connectivity index (χ3v) is 5.22. The molecule has 0 fully saturated rings. The number of hydrogen-bond donors (Lipinski definition) is 1. The fourth-order valence-electron chi connectivity index (χ4n) is 1.43. The van der Waals surface area contributed by atoms with Crippen molar-refractivity contribution in [2.75, 3.05) is 12.3 Å². The van der Waals surface area contributed by atoms with E-state index in [1.807, 2.05) is 6.92 Å². The van der Waals surface area contributed by atoms with E-state index in [9.17, 15) is 8.42 Å². The lowest BCUT2D eigenvalue weighted by atomic mass is 10.2. The summed E-state index contributed by atoms with van der Waals surface area (Å²) in [6.45, 7) is 7.42. The Labute approximate surface area is 109 Å². The fourth-order valence-corrected chi connectivity index (χ4v) is 2.50. The van der Waals surface area contributed by atoms with Crippen LogP contribution >= 0.6 is 0 Å². The molecule has 18 heavy (non-hydrogen) atoms. The maximum absolute atomic E-state index is 12.2. The Bertz CT molecular complexity index is 516. The van der Waals surface area contributed by atoms with Gasteiger partial charge in [-0.3, -0.25) is 0 Å². The van der Waals surface area contributed by atoms with E-state index in [1.54, 1.807) is 39.0 Å². The van der Waals surface area contributed by atoms with Crippen LogP contribution < -0.4 is 10.5 Å². The van der Waals surface area contributed by atoms with Crippen LogP contribution in [0.2, 0.25) is 0 Å². The van der Waals surface area contributed by atoms with E-state index in [-0.39, 0.29) is 5.75 Å². The molecule has 1 rings (SSSR count). The zero-order valence-corrected chi connectivity index (χ0v) is 12.2. The molecule has 0 aliphatic heterocycles. The number of hydrogen-bond acceptors (Lipinski definition) is 4. The molecule has 0 amide bonds. The summed E-state index contributed by atoms with van der Waals surface area (Å²) in [5, 5.41) is 0. The standard InChI is InChI=1S/C13H21NO3S/c1-5-17-12-7-6-11(14)8-10(12)9-18(15,16)13(2,3)4/h6-8H,5,9,14H2,1-4H3. The normalized spacial score (nSPS) is 12.4. The molecule has 0 aliphatic rings. The second kappa shape index (κ2) is 5.18. The molecule has 2 N–H and O–H groups in total. The number of sulfone groups is 1. The minimum atomic E-state index is -3.24. The maximum atomic E-state index is 12.2.